The van der Waals surface area contributed by atoms with Gasteiger partial charge in [-0.15, -0.1) is 0 Å². The fourth-order valence-corrected chi connectivity index (χ4v) is 3.03. The van der Waals surface area contributed by atoms with Crippen molar-refractivity contribution in [3.63, 3.8) is 0 Å². The maximum Gasteiger partial charge on any atom is 0.185 e. The largest absolute Gasteiger partial charge is 0.483 e. The van der Waals surface area contributed by atoms with Crippen LogP contribution < -0.4 is 19.7 Å². The van der Waals surface area contributed by atoms with Gasteiger partial charge in [0.15, 0.2) is 11.5 Å². The van der Waals surface area contributed by atoms with Crippen LogP contribution in [0.4, 0.5) is 5.69 Å². The summed E-state index contributed by atoms with van der Waals surface area (Å²) >= 11 is 0. The lowest BCUT2D eigenvalue weighted by atomic mass is 10.1. The zero-order valence-electron chi connectivity index (χ0n) is 12.4. The molecule has 1 saturated heterocycles. The van der Waals surface area contributed by atoms with Gasteiger partial charge in [0.2, 0.25) is 0 Å². The molecule has 1 fully saturated rings. The first-order valence-electron chi connectivity index (χ1n) is 7.75. The molecule has 0 bridgehead atoms. The Hall–Kier alpha value is -1.42. The average molecular weight is 276 g/mol. The van der Waals surface area contributed by atoms with Gasteiger partial charge in [0.05, 0.1) is 5.69 Å². The monoisotopic (exact) mass is 276 g/mol. The van der Waals surface area contributed by atoms with E-state index in [9.17, 15) is 0 Å². The topological polar surface area (TPSA) is 33.7 Å². The Morgan fingerprint density at radius 3 is 2.50 bits per heavy atom. The zero-order chi connectivity index (χ0) is 13.9. The lowest BCUT2D eigenvalue weighted by Gasteiger charge is -2.37. The first-order chi connectivity index (χ1) is 9.83. The third-order valence-corrected chi connectivity index (χ3v) is 4.18. The van der Waals surface area contributed by atoms with Crippen LogP contribution in [-0.4, -0.2) is 38.4 Å². The minimum absolute atomic E-state index is 0.163. The van der Waals surface area contributed by atoms with E-state index < -0.39 is 0 Å². The molecule has 2 atom stereocenters. The van der Waals surface area contributed by atoms with Gasteiger partial charge in [0.25, 0.3) is 0 Å². The molecule has 1 N–H and O–H groups in total. The van der Waals surface area contributed by atoms with Crippen LogP contribution in [0.2, 0.25) is 0 Å². The van der Waals surface area contributed by atoms with Crippen LogP contribution in [-0.2, 0) is 0 Å². The predicted octanol–water partition coefficient (Wildman–Crippen LogP) is 2.42. The van der Waals surface area contributed by atoms with Crippen molar-refractivity contribution >= 4 is 5.69 Å². The second-order valence-corrected chi connectivity index (χ2v) is 5.47. The summed E-state index contributed by atoms with van der Waals surface area (Å²) in [6.07, 6.45) is 2.30. The van der Waals surface area contributed by atoms with E-state index in [0.717, 1.165) is 50.5 Å². The Bertz CT molecular complexity index is 458. The molecule has 0 aromatic heterocycles. The number of rotatable bonds is 3. The zero-order valence-corrected chi connectivity index (χ0v) is 12.4. The normalized spacial score (nSPS) is 25.6. The molecule has 0 amide bonds. The lowest BCUT2D eigenvalue weighted by molar-refractivity contribution is 0.0173. The van der Waals surface area contributed by atoms with E-state index in [1.807, 2.05) is 6.07 Å². The molecule has 1 aromatic carbocycles. The number of anilines is 1. The highest BCUT2D eigenvalue weighted by Crippen LogP contribution is 2.43. The number of para-hydroxylation sites is 1. The number of nitrogens with zero attached hydrogens (tertiary/aromatic N) is 1. The number of piperazine rings is 1. The number of fused-ring (bicyclic) bond motifs is 1. The average Bonchev–Trinajstić information content (AvgIpc) is 2.53. The molecule has 4 nitrogen and oxygen atoms in total. The molecule has 0 aliphatic carbocycles. The molecule has 1 aromatic rings. The van der Waals surface area contributed by atoms with Crippen molar-refractivity contribution in [1.82, 2.24) is 5.32 Å². The van der Waals surface area contributed by atoms with Crippen molar-refractivity contribution in [3.05, 3.63) is 18.2 Å². The molecule has 2 aliphatic heterocycles. The molecule has 3 rings (SSSR count). The second kappa shape index (κ2) is 5.92. The van der Waals surface area contributed by atoms with Gasteiger partial charge in [-0.25, -0.2) is 0 Å². The van der Waals surface area contributed by atoms with Crippen molar-refractivity contribution in [3.8, 4) is 11.5 Å². The number of ether oxygens (including phenoxy) is 2. The molecule has 2 unspecified atom stereocenters. The number of hydrogen-bond acceptors (Lipinski definition) is 4. The van der Waals surface area contributed by atoms with Gasteiger partial charge in [0, 0.05) is 26.2 Å². The van der Waals surface area contributed by atoms with E-state index in [0.29, 0.717) is 0 Å². The van der Waals surface area contributed by atoms with Gasteiger partial charge in [-0.3, -0.25) is 0 Å². The molecular weight excluding hydrogens is 252 g/mol. The van der Waals surface area contributed by atoms with Crippen molar-refractivity contribution in [1.29, 1.82) is 0 Å². The van der Waals surface area contributed by atoms with Crippen LogP contribution in [0.1, 0.15) is 26.7 Å². The van der Waals surface area contributed by atoms with Crippen molar-refractivity contribution < 1.29 is 9.47 Å². The second-order valence-electron chi connectivity index (χ2n) is 5.47. The van der Waals surface area contributed by atoms with Crippen molar-refractivity contribution in [2.45, 2.75) is 38.9 Å². The summed E-state index contributed by atoms with van der Waals surface area (Å²) in [6, 6.07) is 6.24. The Balaban J connectivity index is 1.91. The molecule has 2 aliphatic rings. The molecule has 0 saturated carbocycles. The Labute approximate surface area is 121 Å². The number of benzene rings is 1. The van der Waals surface area contributed by atoms with Gasteiger partial charge in [0.1, 0.15) is 12.2 Å². The van der Waals surface area contributed by atoms with Gasteiger partial charge in [-0.2, -0.15) is 0 Å². The van der Waals surface area contributed by atoms with E-state index in [2.05, 4.69) is 36.2 Å². The summed E-state index contributed by atoms with van der Waals surface area (Å²) in [6.45, 7) is 8.41. The Morgan fingerprint density at radius 2 is 1.80 bits per heavy atom. The highest BCUT2D eigenvalue weighted by molar-refractivity contribution is 5.65. The summed E-state index contributed by atoms with van der Waals surface area (Å²) in [5.74, 6) is 1.84. The molecular formula is C16H24N2O2. The fourth-order valence-electron chi connectivity index (χ4n) is 3.03. The smallest absolute Gasteiger partial charge is 0.185 e. The highest BCUT2D eigenvalue weighted by Gasteiger charge is 2.31. The quantitative estimate of drug-likeness (QED) is 0.919. The molecule has 2 heterocycles. The number of nitrogens with one attached hydrogen (secondary N) is 1. The van der Waals surface area contributed by atoms with Gasteiger partial charge < -0.3 is 19.7 Å². The SMILES string of the molecule is CCC1Oc2cccc(N3CCNCC3)c2OC1CC. The summed E-state index contributed by atoms with van der Waals surface area (Å²) in [4.78, 5) is 2.39. The summed E-state index contributed by atoms with van der Waals surface area (Å²) < 4.78 is 12.4. The van der Waals surface area contributed by atoms with E-state index in [4.69, 9.17) is 9.47 Å². The lowest BCUT2D eigenvalue weighted by Crippen LogP contribution is -2.44. The van der Waals surface area contributed by atoms with Gasteiger partial charge in [-0.1, -0.05) is 19.9 Å². The Morgan fingerprint density at radius 1 is 1.10 bits per heavy atom. The van der Waals surface area contributed by atoms with Crippen molar-refractivity contribution in [2.75, 3.05) is 31.1 Å². The molecule has 0 radical (unpaired) electrons. The first-order valence-corrected chi connectivity index (χ1v) is 7.75. The van der Waals surface area contributed by atoms with Crippen LogP contribution in [0.3, 0.4) is 0 Å². The van der Waals surface area contributed by atoms with Gasteiger partial charge in [-0.05, 0) is 25.0 Å². The summed E-state index contributed by atoms with van der Waals surface area (Å²) in [7, 11) is 0. The maximum absolute atomic E-state index is 6.28. The molecule has 0 spiro atoms. The minimum atomic E-state index is 0.163. The van der Waals surface area contributed by atoms with E-state index in [1.165, 1.54) is 5.69 Å². The van der Waals surface area contributed by atoms with E-state index in [1.54, 1.807) is 0 Å². The highest BCUT2D eigenvalue weighted by atomic mass is 16.6. The predicted molar refractivity (Wildman–Crippen MR) is 80.9 cm³/mol. The van der Waals surface area contributed by atoms with Crippen LogP contribution >= 0.6 is 0 Å². The third kappa shape index (κ3) is 2.44. The van der Waals surface area contributed by atoms with Crippen LogP contribution in [0, 0.1) is 0 Å². The number of hydrogen-bond donors (Lipinski definition) is 1. The van der Waals surface area contributed by atoms with Crippen LogP contribution in [0.25, 0.3) is 0 Å². The molecule has 110 valence electrons. The third-order valence-electron chi connectivity index (χ3n) is 4.18. The maximum atomic E-state index is 6.28. The minimum Gasteiger partial charge on any atom is -0.483 e. The van der Waals surface area contributed by atoms with Crippen molar-refractivity contribution in [2.24, 2.45) is 0 Å². The first kappa shape index (κ1) is 13.6. The molecule has 4 heteroatoms. The summed E-state index contributed by atoms with van der Waals surface area (Å²) in [5.41, 5.74) is 1.18. The Kier molecular flexibility index (Phi) is 4.01. The van der Waals surface area contributed by atoms with Gasteiger partial charge >= 0.3 is 0 Å². The fraction of sp³-hybridized carbons (Fsp3) is 0.625. The van der Waals surface area contributed by atoms with Crippen LogP contribution in [0.5, 0.6) is 11.5 Å². The molecule has 20 heavy (non-hydrogen) atoms. The van der Waals surface area contributed by atoms with E-state index in [-0.39, 0.29) is 12.2 Å². The van der Waals surface area contributed by atoms with Crippen LogP contribution in [0.15, 0.2) is 18.2 Å². The van der Waals surface area contributed by atoms with E-state index >= 15 is 0 Å². The standard InChI is InChI=1S/C16H24N2O2/c1-3-13-14(4-2)20-16-12(6-5-7-15(16)19-13)18-10-8-17-9-11-18/h5-7,13-14,17H,3-4,8-11H2,1-2H3. The summed E-state index contributed by atoms with van der Waals surface area (Å²) in [5, 5.41) is 3.39.